The molecule has 0 radical (unpaired) electrons. The summed E-state index contributed by atoms with van der Waals surface area (Å²) in [7, 11) is -20.5. The fourth-order valence-electron chi connectivity index (χ4n) is 4.08. The van der Waals surface area contributed by atoms with Crippen molar-refractivity contribution in [2.75, 3.05) is 0 Å². The van der Waals surface area contributed by atoms with Gasteiger partial charge in [0.15, 0.2) is 11.5 Å². The molecule has 0 unspecified atom stereocenters. The van der Waals surface area contributed by atoms with Crippen LogP contribution in [0.5, 0.6) is 11.5 Å². The largest absolute Gasteiger partial charge is 1.00 e. The molecule has 0 saturated heterocycles. The number of hydrogen-bond acceptors (Lipinski definition) is 14. The Morgan fingerprint density at radius 1 is 0.479 bits per heavy atom. The van der Waals surface area contributed by atoms with E-state index in [0.717, 1.165) is 24.3 Å². The summed E-state index contributed by atoms with van der Waals surface area (Å²) in [4.78, 5) is -3.99. The van der Waals surface area contributed by atoms with Crippen molar-refractivity contribution in [1.82, 2.24) is 0 Å². The molecule has 4 aromatic rings. The monoisotopic (exact) mass is 762 g/mol. The average molecular weight is 763 g/mol. The number of aryl methyl sites for hydroxylation is 2. The van der Waals surface area contributed by atoms with E-state index in [1.54, 1.807) is 0 Å². The Morgan fingerprint density at radius 2 is 0.792 bits per heavy atom. The fraction of sp³-hybridized carbons (Fsp3) is 0.0833. The number of azo groups is 2. The molecular weight excluding hydrogens is 743 g/mol. The van der Waals surface area contributed by atoms with Crippen molar-refractivity contribution in [3.05, 3.63) is 59.7 Å². The van der Waals surface area contributed by atoms with Crippen LogP contribution in [0.1, 0.15) is 11.1 Å². The van der Waals surface area contributed by atoms with Gasteiger partial charge in [0, 0.05) is 0 Å². The summed E-state index contributed by atoms with van der Waals surface area (Å²) in [6, 6.07) is 7.83. The number of phenols is 2. The molecule has 4 rings (SSSR count). The molecule has 48 heavy (non-hydrogen) atoms. The standard InChI is InChI=1S/C24H20N4O14S4.2Na/c1-11-3-5-14(16(7-11)43(31,32)33)25-27-21-18(45(37,38)39)9-13-10-19(46(40,41)42)22(24(30)20(13)23(21)29)28-26-15-6-4-12(2)8-17(15)44(34,35)36;;/h3-10,29-30H,1-2H3,(H,31,32,33)(H,34,35,36)(H,37,38,39)(H,40,41,42);;/q;2*+1. The molecule has 0 aliphatic carbocycles. The van der Waals surface area contributed by atoms with Crippen LogP contribution in [0.25, 0.3) is 10.8 Å². The van der Waals surface area contributed by atoms with Crippen molar-refractivity contribution >= 4 is 74.0 Å². The molecule has 0 amide bonds. The van der Waals surface area contributed by atoms with Gasteiger partial charge in [0.1, 0.15) is 42.3 Å². The predicted octanol–water partition coefficient (Wildman–Crippen LogP) is -1.31. The molecule has 4 aromatic carbocycles. The first-order chi connectivity index (χ1) is 21.0. The van der Waals surface area contributed by atoms with Crippen molar-refractivity contribution in [2.45, 2.75) is 33.4 Å². The van der Waals surface area contributed by atoms with Crippen LogP contribution in [0.4, 0.5) is 22.7 Å². The van der Waals surface area contributed by atoms with Gasteiger partial charge in [-0.1, -0.05) is 12.1 Å². The zero-order chi connectivity index (χ0) is 34.6. The third kappa shape index (κ3) is 9.02. The number of benzene rings is 4. The molecule has 0 spiro atoms. The Kier molecular flexibility index (Phi) is 12.9. The summed E-state index contributed by atoms with van der Waals surface area (Å²) in [5.41, 5.74) is -2.61. The SMILES string of the molecule is Cc1ccc(N=Nc2c(S(=O)(=O)O)cc3cc(S(=O)(=O)O)c(N=Nc4ccc(C)cc4S(=O)(=O)O)c(O)c3c2O)c(S(=O)(=O)O)c1.[Na+].[Na+]. The van der Waals surface area contributed by atoms with Crippen molar-refractivity contribution in [1.29, 1.82) is 0 Å². The molecule has 0 aliphatic heterocycles. The van der Waals surface area contributed by atoms with Crippen LogP contribution < -0.4 is 59.1 Å². The summed E-state index contributed by atoms with van der Waals surface area (Å²) >= 11 is 0. The van der Waals surface area contributed by atoms with Gasteiger partial charge in [0.2, 0.25) is 0 Å². The Hall–Kier alpha value is -2.42. The Bertz CT molecular complexity index is 2300. The molecule has 0 aliphatic rings. The maximum atomic E-state index is 12.2. The van der Waals surface area contributed by atoms with Gasteiger partial charge in [-0.15, -0.1) is 20.5 Å². The Morgan fingerprint density at radius 3 is 1.08 bits per heavy atom. The number of rotatable bonds is 8. The second kappa shape index (κ2) is 14.8. The molecule has 0 fully saturated rings. The summed E-state index contributed by atoms with van der Waals surface area (Å²) in [6.45, 7) is 2.95. The van der Waals surface area contributed by atoms with E-state index in [4.69, 9.17) is 0 Å². The van der Waals surface area contributed by atoms with Gasteiger partial charge in [-0.2, -0.15) is 33.7 Å². The van der Waals surface area contributed by atoms with E-state index < -0.39 is 105 Å². The first-order valence-corrected chi connectivity index (χ1v) is 17.8. The van der Waals surface area contributed by atoms with Crippen LogP contribution in [-0.4, -0.2) is 62.1 Å². The minimum atomic E-state index is -5.33. The van der Waals surface area contributed by atoms with Gasteiger partial charge >= 0.3 is 59.1 Å². The predicted molar refractivity (Wildman–Crippen MR) is 157 cm³/mol. The number of aromatic hydroxyl groups is 2. The summed E-state index contributed by atoms with van der Waals surface area (Å²) in [5.74, 6) is -2.58. The molecular formula is C24H20N4Na2O14S4+2. The average Bonchev–Trinajstić information content (AvgIpc) is 2.90. The van der Waals surface area contributed by atoms with E-state index in [1.807, 2.05) is 0 Å². The zero-order valence-corrected chi connectivity index (χ0v) is 32.3. The van der Waals surface area contributed by atoms with E-state index in [9.17, 15) is 62.1 Å². The number of nitrogens with zero attached hydrogens (tertiary/aromatic N) is 4. The summed E-state index contributed by atoms with van der Waals surface area (Å²) < 4.78 is 135. The first-order valence-electron chi connectivity index (χ1n) is 12.0. The van der Waals surface area contributed by atoms with Gasteiger partial charge in [-0.3, -0.25) is 18.2 Å². The van der Waals surface area contributed by atoms with E-state index in [-0.39, 0.29) is 59.1 Å². The van der Waals surface area contributed by atoms with Crippen molar-refractivity contribution in [3.63, 3.8) is 0 Å². The second-order valence-corrected chi connectivity index (χ2v) is 15.0. The molecule has 0 bridgehead atoms. The quantitative estimate of drug-likeness (QED) is 0.0691. The summed E-state index contributed by atoms with van der Waals surface area (Å²) in [5, 5.41) is 34.8. The van der Waals surface area contributed by atoms with Crippen molar-refractivity contribution in [2.24, 2.45) is 20.5 Å². The van der Waals surface area contributed by atoms with Gasteiger partial charge in [0.05, 0.1) is 5.39 Å². The smallest absolute Gasteiger partial charge is 0.505 e. The van der Waals surface area contributed by atoms with Crippen molar-refractivity contribution in [3.8, 4) is 11.5 Å². The van der Waals surface area contributed by atoms with Crippen LogP contribution in [0.15, 0.2) is 88.6 Å². The second-order valence-electron chi connectivity index (χ2n) is 9.48. The number of hydrogen-bond donors (Lipinski definition) is 6. The van der Waals surface area contributed by atoms with Crippen LogP contribution in [0, 0.1) is 13.8 Å². The first kappa shape index (κ1) is 41.7. The minimum absolute atomic E-state index is 0. The Labute approximate surface area is 317 Å². The molecule has 18 nitrogen and oxygen atoms in total. The van der Waals surface area contributed by atoms with E-state index >= 15 is 0 Å². The van der Waals surface area contributed by atoms with Gasteiger partial charge in [0.25, 0.3) is 40.5 Å². The van der Waals surface area contributed by atoms with Crippen LogP contribution in [0.3, 0.4) is 0 Å². The Balaban J connectivity index is 0.00000400. The molecule has 0 saturated carbocycles. The molecule has 244 valence electrons. The number of phenolic OH excluding ortho intramolecular Hbond substituents is 2. The maximum absolute atomic E-state index is 12.2. The molecule has 0 heterocycles. The molecule has 6 N–H and O–H groups in total. The van der Waals surface area contributed by atoms with Crippen LogP contribution in [-0.2, 0) is 40.5 Å². The third-order valence-electron chi connectivity index (χ3n) is 6.11. The van der Waals surface area contributed by atoms with E-state index in [1.165, 1.54) is 26.0 Å². The number of fused-ring (bicyclic) bond motifs is 1. The maximum Gasteiger partial charge on any atom is 1.00 e. The topological polar surface area (TPSA) is 307 Å². The zero-order valence-electron chi connectivity index (χ0n) is 25.0. The van der Waals surface area contributed by atoms with Gasteiger partial charge in [-0.25, -0.2) is 0 Å². The minimum Gasteiger partial charge on any atom is -0.505 e. The van der Waals surface area contributed by atoms with Crippen LogP contribution in [0.2, 0.25) is 0 Å². The molecule has 0 atom stereocenters. The van der Waals surface area contributed by atoms with Gasteiger partial charge in [-0.05, 0) is 66.8 Å². The fourth-order valence-corrected chi connectivity index (χ4v) is 6.81. The van der Waals surface area contributed by atoms with Gasteiger partial charge < -0.3 is 10.2 Å². The summed E-state index contributed by atoms with van der Waals surface area (Å²) in [6.07, 6.45) is 0. The van der Waals surface area contributed by atoms with Crippen molar-refractivity contribution < 1.29 is 121 Å². The third-order valence-corrected chi connectivity index (χ3v) is 9.61. The van der Waals surface area contributed by atoms with E-state index in [2.05, 4.69) is 20.5 Å². The molecule has 24 heteroatoms. The van der Waals surface area contributed by atoms with E-state index in [0.29, 0.717) is 23.3 Å². The molecule has 0 aromatic heterocycles. The normalized spacial score (nSPS) is 12.7. The van der Waals surface area contributed by atoms with Crippen LogP contribution >= 0.6 is 0 Å².